The summed E-state index contributed by atoms with van der Waals surface area (Å²) < 4.78 is 0. The number of benzene rings is 2. The maximum Gasteiger partial charge on any atom is 0.0314 e. The Bertz CT molecular complexity index is 539. The average molecular weight is 252 g/mol. The van der Waals surface area contributed by atoms with Gasteiger partial charge in [-0.2, -0.15) is 0 Å². The van der Waals surface area contributed by atoms with Gasteiger partial charge >= 0.3 is 0 Å². The number of likely N-dealkylation sites (tertiary alicyclic amines) is 1. The van der Waals surface area contributed by atoms with Crippen LogP contribution < -0.4 is 5.73 Å². The van der Waals surface area contributed by atoms with E-state index >= 15 is 0 Å². The van der Waals surface area contributed by atoms with Gasteiger partial charge in [0.25, 0.3) is 0 Å². The highest BCUT2D eigenvalue weighted by atomic mass is 15.1. The second-order valence-corrected chi connectivity index (χ2v) is 5.31. The predicted octanol–water partition coefficient (Wildman–Crippen LogP) is 3.53. The van der Waals surface area contributed by atoms with Crippen molar-refractivity contribution in [1.29, 1.82) is 0 Å². The fourth-order valence-electron chi connectivity index (χ4n) is 2.72. The number of hydrogen-bond donors (Lipinski definition) is 1. The third-order valence-corrected chi connectivity index (χ3v) is 3.78. The van der Waals surface area contributed by atoms with E-state index in [1.165, 1.54) is 42.6 Å². The maximum absolute atomic E-state index is 5.74. The number of anilines is 1. The van der Waals surface area contributed by atoms with E-state index in [1.807, 2.05) is 12.1 Å². The molecule has 2 nitrogen and oxygen atoms in total. The number of nitrogen functional groups attached to an aromatic ring is 1. The van der Waals surface area contributed by atoms with Crippen LogP contribution in [0.25, 0.3) is 11.1 Å². The SMILES string of the molecule is Nc1ccc(-c2cccc(CN3CCCC3)c2)cc1. The number of nitrogens with zero attached hydrogens (tertiary/aromatic N) is 1. The predicted molar refractivity (Wildman–Crippen MR) is 80.8 cm³/mol. The molecular formula is C17H20N2. The van der Waals surface area contributed by atoms with E-state index in [2.05, 4.69) is 41.3 Å². The van der Waals surface area contributed by atoms with Crippen molar-refractivity contribution in [2.75, 3.05) is 18.8 Å². The zero-order valence-corrected chi connectivity index (χ0v) is 11.2. The first kappa shape index (κ1) is 12.2. The van der Waals surface area contributed by atoms with Gasteiger partial charge in [0.2, 0.25) is 0 Å². The Balaban J connectivity index is 1.80. The summed E-state index contributed by atoms with van der Waals surface area (Å²) in [6.07, 6.45) is 2.69. The number of hydrogen-bond acceptors (Lipinski definition) is 2. The quantitative estimate of drug-likeness (QED) is 0.847. The van der Waals surface area contributed by atoms with Gasteiger partial charge in [0.1, 0.15) is 0 Å². The molecule has 1 aliphatic heterocycles. The molecule has 0 atom stereocenters. The van der Waals surface area contributed by atoms with E-state index in [4.69, 9.17) is 5.73 Å². The highest BCUT2D eigenvalue weighted by Crippen LogP contribution is 2.22. The van der Waals surface area contributed by atoms with E-state index in [0.717, 1.165) is 12.2 Å². The Morgan fingerprint density at radius 2 is 1.63 bits per heavy atom. The summed E-state index contributed by atoms with van der Waals surface area (Å²) in [6.45, 7) is 3.56. The molecule has 2 N–H and O–H groups in total. The van der Waals surface area contributed by atoms with Gasteiger partial charge in [-0.1, -0.05) is 30.3 Å². The van der Waals surface area contributed by atoms with Crippen LogP contribution in [0, 0.1) is 0 Å². The second-order valence-electron chi connectivity index (χ2n) is 5.31. The average Bonchev–Trinajstić information content (AvgIpc) is 2.93. The van der Waals surface area contributed by atoms with Crippen LogP contribution >= 0.6 is 0 Å². The topological polar surface area (TPSA) is 29.3 Å². The van der Waals surface area contributed by atoms with E-state index in [0.29, 0.717) is 0 Å². The van der Waals surface area contributed by atoms with Gasteiger partial charge in [-0.25, -0.2) is 0 Å². The van der Waals surface area contributed by atoms with Crippen molar-refractivity contribution in [2.45, 2.75) is 19.4 Å². The summed E-state index contributed by atoms with van der Waals surface area (Å²) in [5, 5.41) is 0. The molecule has 1 fully saturated rings. The molecule has 0 spiro atoms. The highest BCUT2D eigenvalue weighted by molar-refractivity contribution is 5.66. The van der Waals surface area contributed by atoms with Gasteiger partial charge in [-0.3, -0.25) is 4.90 Å². The third-order valence-electron chi connectivity index (χ3n) is 3.78. The van der Waals surface area contributed by atoms with Crippen LogP contribution in [0.2, 0.25) is 0 Å². The third kappa shape index (κ3) is 2.96. The lowest BCUT2D eigenvalue weighted by atomic mass is 10.0. The fraction of sp³-hybridized carbons (Fsp3) is 0.294. The highest BCUT2D eigenvalue weighted by Gasteiger charge is 2.11. The van der Waals surface area contributed by atoms with Crippen molar-refractivity contribution in [2.24, 2.45) is 0 Å². The van der Waals surface area contributed by atoms with Crippen LogP contribution in [0.5, 0.6) is 0 Å². The number of rotatable bonds is 3. The minimum atomic E-state index is 0.817. The molecule has 0 bridgehead atoms. The maximum atomic E-state index is 5.74. The molecule has 1 aliphatic rings. The summed E-state index contributed by atoms with van der Waals surface area (Å²) in [7, 11) is 0. The molecule has 1 heterocycles. The Labute approximate surface area is 114 Å². The van der Waals surface area contributed by atoms with Crippen molar-refractivity contribution in [3.8, 4) is 11.1 Å². The lowest BCUT2D eigenvalue weighted by Crippen LogP contribution is -2.18. The summed E-state index contributed by atoms with van der Waals surface area (Å²) in [5.74, 6) is 0. The molecule has 19 heavy (non-hydrogen) atoms. The van der Waals surface area contributed by atoms with Gasteiger partial charge < -0.3 is 5.73 Å². The molecule has 0 aliphatic carbocycles. The Kier molecular flexibility index (Phi) is 3.51. The van der Waals surface area contributed by atoms with Crippen LogP contribution in [0.3, 0.4) is 0 Å². The van der Waals surface area contributed by atoms with Gasteiger partial charge in [-0.15, -0.1) is 0 Å². The van der Waals surface area contributed by atoms with Crippen LogP contribution in [0.15, 0.2) is 48.5 Å². The Hall–Kier alpha value is -1.80. The minimum Gasteiger partial charge on any atom is -0.399 e. The van der Waals surface area contributed by atoms with Crippen LogP contribution in [-0.2, 0) is 6.54 Å². The van der Waals surface area contributed by atoms with Crippen molar-refractivity contribution < 1.29 is 0 Å². The van der Waals surface area contributed by atoms with Gasteiger partial charge in [-0.05, 0) is 60.8 Å². The van der Waals surface area contributed by atoms with Crippen LogP contribution in [0.1, 0.15) is 18.4 Å². The standard InChI is InChI=1S/C17H20N2/c18-17-8-6-15(7-9-17)16-5-3-4-14(12-16)13-19-10-1-2-11-19/h3-9,12H,1-2,10-11,13,18H2. The minimum absolute atomic E-state index is 0.817. The van der Waals surface area contributed by atoms with Crippen molar-refractivity contribution in [1.82, 2.24) is 4.90 Å². The molecule has 0 aromatic heterocycles. The van der Waals surface area contributed by atoms with Crippen molar-refractivity contribution in [3.05, 3.63) is 54.1 Å². The summed E-state index contributed by atoms with van der Waals surface area (Å²) in [6, 6.07) is 16.9. The molecule has 98 valence electrons. The van der Waals surface area contributed by atoms with E-state index in [1.54, 1.807) is 0 Å². The first-order valence-electron chi connectivity index (χ1n) is 6.98. The largest absolute Gasteiger partial charge is 0.399 e. The lowest BCUT2D eigenvalue weighted by molar-refractivity contribution is 0.331. The second kappa shape index (κ2) is 5.45. The van der Waals surface area contributed by atoms with Crippen molar-refractivity contribution in [3.63, 3.8) is 0 Å². The van der Waals surface area contributed by atoms with E-state index < -0.39 is 0 Å². The zero-order valence-electron chi connectivity index (χ0n) is 11.2. The van der Waals surface area contributed by atoms with Crippen LogP contribution in [-0.4, -0.2) is 18.0 Å². The fourth-order valence-corrected chi connectivity index (χ4v) is 2.72. The smallest absolute Gasteiger partial charge is 0.0314 e. The molecule has 0 radical (unpaired) electrons. The normalized spacial score (nSPS) is 15.8. The van der Waals surface area contributed by atoms with Gasteiger partial charge in [0.05, 0.1) is 0 Å². The Morgan fingerprint density at radius 1 is 0.895 bits per heavy atom. The molecule has 3 rings (SSSR count). The molecular weight excluding hydrogens is 232 g/mol. The summed E-state index contributed by atoms with van der Waals surface area (Å²) in [4.78, 5) is 2.53. The summed E-state index contributed by atoms with van der Waals surface area (Å²) in [5.41, 5.74) is 10.5. The van der Waals surface area contributed by atoms with E-state index in [9.17, 15) is 0 Å². The molecule has 2 aromatic rings. The van der Waals surface area contributed by atoms with Gasteiger partial charge in [0, 0.05) is 12.2 Å². The molecule has 2 aromatic carbocycles. The molecule has 0 amide bonds. The van der Waals surface area contributed by atoms with Crippen LogP contribution in [0.4, 0.5) is 5.69 Å². The zero-order chi connectivity index (χ0) is 13.1. The lowest BCUT2D eigenvalue weighted by Gasteiger charge is -2.15. The molecule has 0 unspecified atom stereocenters. The number of nitrogens with two attached hydrogens (primary N) is 1. The monoisotopic (exact) mass is 252 g/mol. The van der Waals surface area contributed by atoms with Gasteiger partial charge in [0.15, 0.2) is 0 Å². The first-order chi connectivity index (χ1) is 9.31. The molecule has 1 saturated heterocycles. The van der Waals surface area contributed by atoms with Crippen molar-refractivity contribution >= 4 is 5.69 Å². The first-order valence-corrected chi connectivity index (χ1v) is 6.98. The molecule has 0 saturated carbocycles. The van der Waals surface area contributed by atoms with E-state index in [-0.39, 0.29) is 0 Å². The summed E-state index contributed by atoms with van der Waals surface area (Å²) >= 11 is 0. The Morgan fingerprint density at radius 3 is 2.37 bits per heavy atom. The molecule has 2 heteroatoms.